The second-order valence-electron chi connectivity index (χ2n) is 5.98. The summed E-state index contributed by atoms with van der Waals surface area (Å²) in [5.74, 6) is 0.792. The van der Waals surface area contributed by atoms with Gasteiger partial charge in [-0.15, -0.1) is 0 Å². The van der Waals surface area contributed by atoms with Crippen molar-refractivity contribution in [2.75, 3.05) is 5.32 Å². The van der Waals surface area contributed by atoms with Gasteiger partial charge in [0, 0.05) is 5.02 Å². The van der Waals surface area contributed by atoms with Crippen LogP contribution in [0.4, 0.5) is 14.7 Å². The average molecular weight is 377 g/mol. The van der Waals surface area contributed by atoms with E-state index in [0.717, 1.165) is 17.5 Å². The molecule has 0 amide bonds. The average Bonchev–Trinajstić information content (AvgIpc) is 3.10. The summed E-state index contributed by atoms with van der Waals surface area (Å²) in [4.78, 5) is 4.27. The Hall–Kier alpha value is -2.67. The molecule has 1 aromatic heterocycles. The standard InChI is InChI=1S/C18H15ClF2N4O/c19-13-5-1-11(2-6-13)15-9-16(25-18(24-15)22-10-23-25)12-3-7-14(8-4-12)26-17(20)21/h1-8,10,15-17H,9H2,(H,22,23,24)/t15-,16+/m0/s1. The third kappa shape index (κ3) is 3.35. The summed E-state index contributed by atoms with van der Waals surface area (Å²) in [5, 5.41) is 8.35. The molecule has 1 aliphatic heterocycles. The second-order valence-corrected chi connectivity index (χ2v) is 6.41. The molecule has 4 rings (SSSR count). The number of ether oxygens (including phenoxy) is 1. The number of alkyl halides is 2. The van der Waals surface area contributed by atoms with Crippen molar-refractivity contribution in [2.45, 2.75) is 25.1 Å². The maximum Gasteiger partial charge on any atom is 0.387 e. The molecule has 0 saturated carbocycles. The van der Waals surface area contributed by atoms with Gasteiger partial charge in [0.15, 0.2) is 0 Å². The molecule has 26 heavy (non-hydrogen) atoms. The van der Waals surface area contributed by atoms with Gasteiger partial charge in [-0.2, -0.15) is 18.9 Å². The van der Waals surface area contributed by atoms with Gasteiger partial charge in [-0.25, -0.2) is 4.68 Å². The highest BCUT2D eigenvalue weighted by Crippen LogP contribution is 2.37. The lowest BCUT2D eigenvalue weighted by atomic mass is 9.93. The van der Waals surface area contributed by atoms with Crippen molar-refractivity contribution in [3.63, 3.8) is 0 Å². The summed E-state index contributed by atoms with van der Waals surface area (Å²) in [5.41, 5.74) is 2.03. The molecule has 0 spiro atoms. The van der Waals surface area contributed by atoms with Crippen LogP contribution in [0.25, 0.3) is 0 Å². The number of aromatic nitrogens is 3. The van der Waals surface area contributed by atoms with Crippen molar-refractivity contribution in [3.8, 4) is 5.75 Å². The Labute approximate surface area is 153 Å². The number of hydrogen-bond donors (Lipinski definition) is 1. The Morgan fingerprint density at radius 1 is 1.08 bits per heavy atom. The topological polar surface area (TPSA) is 52.0 Å². The van der Waals surface area contributed by atoms with E-state index >= 15 is 0 Å². The van der Waals surface area contributed by atoms with Crippen LogP contribution in [0.5, 0.6) is 5.75 Å². The lowest BCUT2D eigenvalue weighted by Crippen LogP contribution is -2.28. The van der Waals surface area contributed by atoms with Gasteiger partial charge >= 0.3 is 6.61 Å². The van der Waals surface area contributed by atoms with Crippen LogP contribution >= 0.6 is 11.6 Å². The molecule has 0 bridgehead atoms. The summed E-state index contributed by atoms with van der Waals surface area (Å²) < 4.78 is 30.9. The Kier molecular flexibility index (Phi) is 4.46. The lowest BCUT2D eigenvalue weighted by molar-refractivity contribution is -0.0498. The molecular formula is C18H15ClF2N4O. The fraction of sp³-hybridized carbons (Fsp3) is 0.222. The highest BCUT2D eigenvalue weighted by Gasteiger charge is 2.29. The molecule has 0 fully saturated rings. The molecule has 1 aliphatic rings. The van der Waals surface area contributed by atoms with Gasteiger partial charge in [0.25, 0.3) is 0 Å². The molecule has 0 radical (unpaired) electrons. The van der Waals surface area contributed by atoms with Crippen molar-refractivity contribution in [1.82, 2.24) is 14.8 Å². The Morgan fingerprint density at radius 2 is 1.77 bits per heavy atom. The first-order valence-corrected chi connectivity index (χ1v) is 8.44. The third-order valence-electron chi connectivity index (χ3n) is 4.39. The number of rotatable bonds is 4. The first-order chi connectivity index (χ1) is 12.6. The minimum atomic E-state index is -2.84. The molecule has 0 unspecified atom stereocenters. The van der Waals surface area contributed by atoms with Crippen molar-refractivity contribution >= 4 is 17.5 Å². The van der Waals surface area contributed by atoms with E-state index in [2.05, 4.69) is 20.1 Å². The van der Waals surface area contributed by atoms with Crippen LogP contribution in [-0.2, 0) is 0 Å². The number of fused-ring (bicyclic) bond motifs is 1. The zero-order valence-corrected chi connectivity index (χ0v) is 14.3. The van der Waals surface area contributed by atoms with E-state index in [1.807, 2.05) is 24.3 Å². The van der Waals surface area contributed by atoms with E-state index in [1.165, 1.54) is 18.5 Å². The van der Waals surface area contributed by atoms with Gasteiger partial charge in [-0.3, -0.25) is 0 Å². The second kappa shape index (κ2) is 6.92. The predicted molar refractivity (Wildman–Crippen MR) is 93.7 cm³/mol. The number of halogens is 3. The molecule has 2 atom stereocenters. The van der Waals surface area contributed by atoms with Gasteiger partial charge < -0.3 is 10.1 Å². The van der Waals surface area contributed by atoms with E-state index in [-0.39, 0.29) is 17.8 Å². The fourth-order valence-corrected chi connectivity index (χ4v) is 3.31. The predicted octanol–water partition coefficient (Wildman–Crippen LogP) is 4.68. The van der Waals surface area contributed by atoms with Crippen LogP contribution in [-0.4, -0.2) is 21.4 Å². The molecular weight excluding hydrogens is 362 g/mol. The monoisotopic (exact) mass is 376 g/mol. The minimum Gasteiger partial charge on any atom is -0.435 e. The number of hydrogen-bond acceptors (Lipinski definition) is 4. The molecule has 1 N–H and O–H groups in total. The number of nitrogens with one attached hydrogen (secondary N) is 1. The van der Waals surface area contributed by atoms with Crippen LogP contribution in [0.2, 0.25) is 5.02 Å². The molecule has 0 aliphatic carbocycles. The van der Waals surface area contributed by atoms with E-state index in [4.69, 9.17) is 11.6 Å². The first kappa shape index (κ1) is 16.8. The van der Waals surface area contributed by atoms with Gasteiger partial charge in [-0.05, 0) is 41.8 Å². The summed E-state index contributed by atoms with van der Waals surface area (Å²) >= 11 is 5.98. The van der Waals surface area contributed by atoms with Crippen molar-refractivity contribution in [1.29, 1.82) is 0 Å². The van der Waals surface area contributed by atoms with Crippen LogP contribution in [0, 0.1) is 0 Å². The largest absolute Gasteiger partial charge is 0.435 e. The lowest BCUT2D eigenvalue weighted by Gasteiger charge is -2.32. The smallest absolute Gasteiger partial charge is 0.387 e. The van der Waals surface area contributed by atoms with Crippen molar-refractivity contribution in [3.05, 3.63) is 71.0 Å². The highest BCUT2D eigenvalue weighted by atomic mass is 35.5. The van der Waals surface area contributed by atoms with E-state index in [9.17, 15) is 8.78 Å². The maximum absolute atomic E-state index is 12.3. The molecule has 0 saturated heterocycles. The molecule has 2 heterocycles. The number of nitrogens with zero attached hydrogens (tertiary/aromatic N) is 3. The number of benzene rings is 2. The molecule has 2 aromatic carbocycles. The summed E-state index contributed by atoms with van der Waals surface area (Å²) in [6.07, 6.45) is 2.22. The summed E-state index contributed by atoms with van der Waals surface area (Å²) in [6.45, 7) is -2.84. The zero-order chi connectivity index (χ0) is 18.1. The van der Waals surface area contributed by atoms with E-state index in [0.29, 0.717) is 11.0 Å². The van der Waals surface area contributed by atoms with Crippen LogP contribution in [0.3, 0.4) is 0 Å². The maximum atomic E-state index is 12.3. The quantitative estimate of drug-likeness (QED) is 0.718. The van der Waals surface area contributed by atoms with E-state index < -0.39 is 6.61 Å². The molecule has 5 nitrogen and oxygen atoms in total. The number of anilines is 1. The summed E-state index contributed by atoms with van der Waals surface area (Å²) in [6, 6.07) is 14.2. The minimum absolute atomic E-state index is 0.0333. The van der Waals surface area contributed by atoms with Crippen LogP contribution in [0.1, 0.15) is 29.6 Å². The first-order valence-electron chi connectivity index (χ1n) is 8.06. The Balaban J connectivity index is 1.63. The van der Waals surface area contributed by atoms with Gasteiger partial charge in [0.05, 0.1) is 12.1 Å². The zero-order valence-electron chi connectivity index (χ0n) is 13.5. The summed E-state index contributed by atoms with van der Waals surface area (Å²) in [7, 11) is 0. The van der Waals surface area contributed by atoms with Crippen molar-refractivity contribution < 1.29 is 13.5 Å². The van der Waals surface area contributed by atoms with Gasteiger partial charge in [-0.1, -0.05) is 35.9 Å². The molecule has 8 heteroatoms. The van der Waals surface area contributed by atoms with Crippen molar-refractivity contribution in [2.24, 2.45) is 0 Å². The normalized spacial score (nSPS) is 19.1. The van der Waals surface area contributed by atoms with Crippen LogP contribution in [0.15, 0.2) is 54.9 Å². The van der Waals surface area contributed by atoms with Gasteiger partial charge in [0.2, 0.25) is 5.95 Å². The fourth-order valence-electron chi connectivity index (χ4n) is 3.18. The molecule has 134 valence electrons. The Morgan fingerprint density at radius 3 is 2.46 bits per heavy atom. The third-order valence-corrected chi connectivity index (χ3v) is 4.64. The Bertz CT molecular complexity index is 883. The SMILES string of the molecule is FC(F)Oc1ccc([C@H]2C[C@@H](c3ccc(Cl)cc3)Nc3ncnn32)cc1. The highest BCUT2D eigenvalue weighted by molar-refractivity contribution is 6.30. The molecule has 3 aromatic rings. The van der Waals surface area contributed by atoms with Crippen LogP contribution < -0.4 is 10.1 Å². The van der Waals surface area contributed by atoms with Gasteiger partial charge in [0.1, 0.15) is 12.1 Å². The van der Waals surface area contributed by atoms with E-state index in [1.54, 1.807) is 16.8 Å².